The van der Waals surface area contributed by atoms with E-state index in [-0.39, 0.29) is 5.91 Å². The van der Waals surface area contributed by atoms with E-state index in [2.05, 4.69) is 45.2 Å². The van der Waals surface area contributed by atoms with Crippen LogP contribution in [0.1, 0.15) is 36.8 Å². The minimum atomic E-state index is -0.0311. The van der Waals surface area contributed by atoms with Crippen LogP contribution in [0, 0.1) is 12.3 Å². The van der Waals surface area contributed by atoms with Crippen LogP contribution in [-0.2, 0) is 11.8 Å². The third-order valence-electron chi connectivity index (χ3n) is 6.29. The van der Waals surface area contributed by atoms with E-state index in [0.29, 0.717) is 17.8 Å². The van der Waals surface area contributed by atoms with E-state index in [1.807, 2.05) is 32.4 Å². The average molecular weight is 392 g/mol. The average Bonchev–Trinajstić information content (AvgIpc) is 3.33. The molecule has 6 nitrogen and oxygen atoms in total. The van der Waals surface area contributed by atoms with Gasteiger partial charge in [-0.25, -0.2) is 4.99 Å². The number of carbonyl (C=O) groups is 1. The maximum absolute atomic E-state index is 12.5. The Kier molecular flexibility index (Phi) is 5.37. The van der Waals surface area contributed by atoms with E-state index in [4.69, 9.17) is 0 Å². The van der Waals surface area contributed by atoms with Gasteiger partial charge in [0.25, 0.3) is 0 Å². The fraction of sp³-hybridized carbons (Fsp3) is 0.435. The molecular formula is C23H29N5O. The molecule has 6 heteroatoms. The molecule has 2 aliphatic rings. The lowest BCUT2D eigenvalue weighted by molar-refractivity contribution is -0.121. The van der Waals surface area contributed by atoms with Crippen molar-refractivity contribution in [1.82, 2.24) is 20.0 Å². The molecule has 152 valence electrons. The molecule has 0 atom stereocenters. The van der Waals surface area contributed by atoms with Gasteiger partial charge in [0.1, 0.15) is 5.82 Å². The minimum absolute atomic E-state index is 0.0311. The number of amides is 1. The molecule has 1 saturated carbocycles. The number of benzene rings is 1. The summed E-state index contributed by atoms with van der Waals surface area (Å²) in [4.78, 5) is 18.8. The van der Waals surface area contributed by atoms with Gasteiger partial charge in [-0.15, -0.1) is 0 Å². The number of nitrogens with one attached hydrogen (secondary N) is 1. The highest BCUT2D eigenvalue weighted by molar-refractivity contribution is 5.81. The number of hydrogen-bond acceptors (Lipinski definition) is 4. The lowest BCUT2D eigenvalue weighted by atomic mass is 9.94. The van der Waals surface area contributed by atoms with Gasteiger partial charge in [-0.2, -0.15) is 5.10 Å². The summed E-state index contributed by atoms with van der Waals surface area (Å²) in [5, 5.41) is 7.17. The van der Waals surface area contributed by atoms with Crippen LogP contribution in [0.15, 0.2) is 41.4 Å². The molecule has 1 aromatic carbocycles. The largest absolute Gasteiger partial charge is 0.310 e. The quantitative estimate of drug-likeness (QED) is 0.768. The van der Waals surface area contributed by atoms with Gasteiger partial charge in [-0.05, 0) is 86.7 Å². The van der Waals surface area contributed by atoms with E-state index in [9.17, 15) is 4.79 Å². The summed E-state index contributed by atoms with van der Waals surface area (Å²) < 4.78 is 1.79. The van der Waals surface area contributed by atoms with Crippen molar-refractivity contribution in [3.05, 3.63) is 47.5 Å². The van der Waals surface area contributed by atoms with Gasteiger partial charge in [0.2, 0.25) is 5.91 Å². The molecule has 1 spiro atoms. The van der Waals surface area contributed by atoms with Crippen LogP contribution in [0.4, 0.5) is 0 Å². The normalized spacial score (nSPS) is 18.6. The Hall–Kier alpha value is -2.73. The summed E-state index contributed by atoms with van der Waals surface area (Å²) in [6, 6.07) is 6.23. The van der Waals surface area contributed by atoms with Gasteiger partial charge in [0.05, 0.1) is 12.7 Å². The molecule has 2 aromatic rings. The maximum atomic E-state index is 12.5. The first-order chi connectivity index (χ1) is 14.0. The molecule has 4 rings (SSSR count). The van der Waals surface area contributed by atoms with Crippen molar-refractivity contribution in [3.63, 3.8) is 0 Å². The Morgan fingerprint density at radius 2 is 2.03 bits per heavy atom. The topological polar surface area (TPSA) is 62.5 Å². The number of aromatic nitrogens is 2. The third-order valence-corrected chi connectivity index (χ3v) is 6.29. The second-order valence-corrected chi connectivity index (χ2v) is 8.49. The Bertz CT molecular complexity index is 944. The second kappa shape index (κ2) is 7.95. The zero-order chi connectivity index (χ0) is 20.4. The fourth-order valence-corrected chi connectivity index (χ4v) is 4.06. The monoisotopic (exact) mass is 391 g/mol. The molecule has 1 saturated heterocycles. The number of aryl methyl sites for hydroxylation is 2. The number of piperidine rings is 1. The molecular weight excluding hydrogens is 362 g/mol. The van der Waals surface area contributed by atoms with Gasteiger partial charge < -0.3 is 5.32 Å². The lowest BCUT2D eigenvalue weighted by Gasteiger charge is -2.31. The second-order valence-electron chi connectivity index (χ2n) is 8.49. The number of hydrogen-bond donors (Lipinski definition) is 1. The van der Waals surface area contributed by atoms with Crippen LogP contribution in [0.2, 0.25) is 0 Å². The molecule has 0 radical (unpaired) electrons. The number of nitrogens with zero attached hydrogens (tertiary/aromatic N) is 4. The first-order valence-corrected chi connectivity index (χ1v) is 10.3. The van der Waals surface area contributed by atoms with Crippen molar-refractivity contribution in [3.8, 4) is 11.1 Å². The predicted molar refractivity (Wildman–Crippen MR) is 116 cm³/mol. The number of carbonyl (C=O) groups excluding carboxylic acids is 1. The summed E-state index contributed by atoms with van der Waals surface area (Å²) in [5.41, 5.74) is 4.86. The van der Waals surface area contributed by atoms with Crippen LogP contribution < -0.4 is 5.32 Å². The molecule has 0 unspecified atom stereocenters. The van der Waals surface area contributed by atoms with E-state index < -0.39 is 0 Å². The zero-order valence-electron chi connectivity index (χ0n) is 17.3. The molecule has 0 bridgehead atoms. The predicted octanol–water partition coefficient (Wildman–Crippen LogP) is 3.39. The minimum Gasteiger partial charge on any atom is -0.310 e. The zero-order valence-corrected chi connectivity index (χ0v) is 17.3. The fourth-order valence-electron chi connectivity index (χ4n) is 4.06. The molecule has 1 aromatic heterocycles. The van der Waals surface area contributed by atoms with E-state index >= 15 is 0 Å². The number of likely N-dealkylation sites (tertiary alicyclic amines) is 1. The number of rotatable bonds is 6. The highest BCUT2D eigenvalue weighted by Gasteiger charge is 2.44. The molecule has 1 amide bonds. The standard InChI is InChI=1S/C23H29N5O/c1-17-4-5-18(20-14-25-27(3)15-20)12-19(17)13-21(24-2)26-22(29)16-28-10-8-23(6-7-23)9-11-28/h4-5,12-15H,2,6-11,16H2,1,3H3,(H,26,29)/b21-13+. The summed E-state index contributed by atoms with van der Waals surface area (Å²) >= 11 is 0. The van der Waals surface area contributed by atoms with Crippen LogP contribution in [0.3, 0.4) is 0 Å². The van der Waals surface area contributed by atoms with E-state index in [1.54, 1.807) is 4.68 Å². The van der Waals surface area contributed by atoms with Crippen molar-refractivity contribution in [2.75, 3.05) is 19.6 Å². The van der Waals surface area contributed by atoms with Gasteiger partial charge in [0, 0.05) is 18.8 Å². The SMILES string of the molecule is C=N/C(=C\c1cc(-c2cnn(C)c2)ccc1C)NC(=O)CN1CCC2(CC1)CC2. The van der Waals surface area contributed by atoms with Gasteiger partial charge >= 0.3 is 0 Å². The molecule has 2 fully saturated rings. The highest BCUT2D eigenvalue weighted by atomic mass is 16.2. The van der Waals surface area contributed by atoms with E-state index in [1.165, 1.54) is 25.7 Å². The van der Waals surface area contributed by atoms with Crippen LogP contribution >= 0.6 is 0 Å². The molecule has 1 N–H and O–H groups in total. The van der Waals surface area contributed by atoms with Crippen molar-refractivity contribution in [1.29, 1.82) is 0 Å². The molecule has 29 heavy (non-hydrogen) atoms. The summed E-state index contributed by atoms with van der Waals surface area (Å²) in [6.07, 6.45) is 10.9. The van der Waals surface area contributed by atoms with Gasteiger partial charge in [-0.1, -0.05) is 12.1 Å². The number of aliphatic imine (C=N–C) groups is 1. The highest BCUT2D eigenvalue weighted by Crippen LogP contribution is 2.53. The van der Waals surface area contributed by atoms with Crippen LogP contribution in [-0.4, -0.2) is 46.9 Å². The summed E-state index contributed by atoms with van der Waals surface area (Å²) in [6.45, 7) is 8.13. The first-order valence-electron chi connectivity index (χ1n) is 10.3. The first kappa shape index (κ1) is 19.6. The van der Waals surface area contributed by atoms with Crippen LogP contribution in [0.25, 0.3) is 17.2 Å². The van der Waals surface area contributed by atoms with Crippen molar-refractivity contribution >= 4 is 18.7 Å². The van der Waals surface area contributed by atoms with E-state index in [0.717, 1.165) is 35.3 Å². The summed E-state index contributed by atoms with van der Waals surface area (Å²) in [5.74, 6) is 0.452. The Balaban J connectivity index is 1.43. The van der Waals surface area contributed by atoms with Crippen LogP contribution in [0.5, 0.6) is 0 Å². The third kappa shape index (κ3) is 4.65. The van der Waals surface area contributed by atoms with Crippen molar-refractivity contribution < 1.29 is 4.79 Å². The molecule has 1 aliphatic heterocycles. The van der Waals surface area contributed by atoms with Gasteiger partial charge in [-0.3, -0.25) is 14.4 Å². The van der Waals surface area contributed by atoms with Crippen molar-refractivity contribution in [2.24, 2.45) is 17.5 Å². The Morgan fingerprint density at radius 1 is 1.28 bits per heavy atom. The Labute approximate surface area is 172 Å². The lowest BCUT2D eigenvalue weighted by Crippen LogP contribution is -2.41. The Morgan fingerprint density at radius 3 is 2.66 bits per heavy atom. The maximum Gasteiger partial charge on any atom is 0.239 e. The summed E-state index contributed by atoms with van der Waals surface area (Å²) in [7, 11) is 1.90. The smallest absolute Gasteiger partial charge is 0.239 e. The molecule has 1 aliphatic carbocycles. The van der Waals surface area contributed by atoms with Gasteiger partial charge in [0.15, 0.2) is 0 Å². The molecule has 2 heterocycles. The van der Waals surface area contributed by atoms with Crippen molar-refractivity contribution in [2.45, 2.75) is 32.6 Å².